The summed E-state index contributed by atoms with van der Waals surface area (Å²) in [7, 11) is 1.39. The Hall–Kier alpha value is -1.06. The monoisotopic (exact) mass is 382 g/mol. The Labute approximate surface area is 166 Å². The Bertz CT molecular complexity index is 405. The van der Waals surface area contributed by atoms with Crippen LogP contribution in [0.2, 0.25) is 0 Å². The van der Waals surface area contributed by atoms with Gasteiger partial charge in [-0.2, -0.15) is 0 Å². The van der Waals surface area contributed by atoms with Crippen LogP contribution >= 0.6 is 0 Å². The predicted octanol–water partition coefficient (Wildman–Crippen LogP) is 6.07. The van der Waals surface area contributed by atoms with E-state index in [9.17, 15) is 9.59 Å². The molecule has 1 aliphatic carbocycles. The van der Waals surface area contributed by atoms with Crippen molar-refractivity contribution in [3.05, 3.63) is 0 Å². The summed E-state index contributed by atoms with van der Waals surface area (Å²) < 4.78 is 10.3. The van der Waals surface area contributed by atoms with Crippen molar-refractivity contribution in [3.8, 4) is 0 Å². The van der Waals surface area contributed by atoms with Crippen LogP contribution in [0.1, 0.15) is 104 Å². The van der Waals surface area contributed by atoms with E-state index in [2.05, 4.69) is 13.8 Å². The topological polar surface area (TPSA) is 52.6 Å². The summed E-state index contributed by atoms with van der Waals surface area (Å²) in [6, 6.07) is 0. The zero-order valence-corrected chi connectivity index (χ0v) is 18.0. The van der Waals surface area contributed by atoms with Crippen molar-refractivity contribution in [2.45, 2.75) is 104 Å². The van der Waals surface area contributed by atoms with Crippen molar-refractivity contribution in [2.24, 2.45) is 17.8 Å². The standard InChI is InChI=1S/C23H42O4/c1-19(2)15-11-9-7-5-4-6-8-10-14-18-27-23(25)21-17-13-12-16-20(21)22(24)26-3/h19-21H,4-18H2,1-3H3. The minimum Gasteiger partial charge on any atom is -0.469 e. The Kier molecular flexibility index (Phi) is 13.3. The zero-order chi connectivity index (χ0) is 19.9. The summed E-state index contributed by atoms with van der Waals surface area (Å²) in [6.45, 7) is 5.08. The molecule has 1 aliphatic rings. The number of esters is 2. The number of hydrogen-bond donors (Lipinski definition) is 0. The van der Waals surface area contributed by atoms with Crippen LogP contribution in [0.15, 0.2) is 0 Å². The first-order chi connectivity index (χ1) is 13.1. The molecule has 158 valence electrons. The number of ether oxygens (including phenoxy) is 2. The normalized spacial score (nSPS) is 19.9. The molecule has 2 atom stereocenters. The van der Waals surface area contributed by atoms with Crippen LogP contribution in [-0.2, 0) is 19.1 Å². The van der Waals surface area contributed by atoms with Crippen LogP contribution in [0.25, 0.3) is 0 Å². The number of unbranched alkanes of at least 4 members (excludes halogenated alkanes) is 8. The maximum atomic E-state index is 12.3. The average Bonchev–Trinajstić information content (AvgIpc) is 2.67. The van der Waals surface area contributed by atoms with Gasteiger partial charge in [-0.15, -0.1) is 0 Å². The van der Waals surface area contributed by atoms with E-state index in [0.29, 0.717) is 6.61 Å². The lowest BCUT2D eigenvalue weighted by atomic mass is 9.79. The minimum absolute atomic E-state index is 0.202. The second kappa shape index (κ2) is 14.9. The van der Waals surface area contributed by atoms with Gasteiger partial charge in [-0.3, -0.25) is 9.59 Å². The molecule has 1 fully saturated rings. The highest BCUT2D eigenvalue weighted by Gasteiger charge is 2.37. The molecule has 0 aromatic heterocycles. The lowest BCUT2D eigenvalue weighted by molar-refractivity contribution is -0.161. The van der Waals surface area contributed by atoms with E-state index in [0.717, 1.165) is 44.4 Å². The van der Waals surface area contributed by atoms with Crippen LogP contribution in [0.4, 0.5) is 0 Å². The van der Waals surface area contributed by atoms with Gasteiger partial charge in [-0.1, -0.05) is 84.5 Å². The van der Waals surface area contributed by atoms with Crippen molar-refractivity contribution in [3.63, 3.8) is 0 Å². The molecule has 1 saturated carbocycles. The molecule has 27 heavy (non-hydrogen) atoms. The first kappa shape index (κ1) is 24.0. The highest BCUT2D eigenvalue weighted by atomic mass is 16.5. The molecular formula is C23H42O4. The summed E-state index contributed by atoms with van der Waals surface area (Å²) >= 11 is 0. The van der Waals surface area contributed by atoms with Crippen molar-refractivity contribution in [1.82, 2.24) is 0 Å². The van der Waals surface area contributed by atoms with E-state index in [4.69, 9.17) is 9.47 Å². The van der Waals surface area contributed by atoms with Gasteiger partial charge in [0.05, 0.1) is 25.6 Å². The predicted molar refractivity (Wildman–Crippen MR) is 109 cm³/mol. The Balaban J connectivity index is 1.99. The number of carbonyl (C=O) groups is 2. The third-order valence-electron chi connectivity index (χ3n) is 5.74. The third-order valence-corrected chi connectivity index (χ3v) is 5.74. The smallest absolute Gasteiger partial charge is 0.309 e. The van der Waals surface area contributed by atoms with E-state index in [1.54, 1.807) is 0 Å². The van der Waals surface area contributed by atoms with Crippen molar-refractivity contribution in [2.75, 3.05) is 13.7 Å². The second-order valence-electron chi connectivity index (χ2n) is 8.55. The van der Waals surface area contributed by atoms with Crippen molar-refractivity contribution >= 4 is 11.9 Å². The van der Waals surface area contributed by atoms with Gasteiger partial charge in [0.2, 0.25) is 0 Å². The molecule has 0 N–H and O–H groups in total. The fourth-order valence-electron chi connectivity index (χ4n) is 4.02. The fourth-order valence-corrected chi connectivity index (χ4v) is 4.02. The first-order valence-electron chi connectivity index (χ1n) is 11.3. The molecule has 0 radical (unpaired) electrons. The maximum absolute atomic E-state index is 12.3. The van der Waals surface area contributed by atoms with Gasteiger partial charge < -0.3 is 9.47 Å². The summed E-state index contributed by atoms with van der Waals surface area (Å²) in [4.78, 5) is 24.1. The number of carbonyl (C=O) groups excluding carboxylic acids is 2. The largest absolute Gasteiger partial charge is 0.469 e. The third kappa shape index (κ3) is 10.8. The molecular weight excluding hydrogens is 340 g/mol. The lowest BCUT2D eigenvalue weighted by Crippen LogP contribution is -2.34. The maximum Gasteiger partial charge on any atom is 0.309 e. The molecule has 0 heterocycles. The Morgan fingerprint density at radius 1 is 0.778 bits per heavy atom. The summed E-state index contributed by atoms with van der Waals surface area (Å²) in [5.74, 6) is -0.241. The van der Waals surface area contributed by atoms with E-state index < -0.39 is 0 Å². The molecule has 0 aromatic carbocycles. The molecule has 0 aliphatic heterocycles. The highest BCUT2D eigenvalue weighted by Crippen LogP contribution is 2.32. The highest BCUT2D eigenvalue weighted by molar-refractivity contribution is 5.82. The van der Waals surface area contributed by atoms with Gasteiger partial charge in [0.25, 0.3) is 0 Å². The van der Waals surface area contributed by atoms with Gasteiger partial charge >= 0.3 is 11.9 Å². The van der Waals surface area contributed by atoms with E-state index in [1.165, 1.54) is 58.5 Å². The number of methoxy groups -OCH3 is 1. The van der Waals surface area contributed by atoms with Crippen LogP contribution in [0.3, 0.4) is 0 Å². The Morgan fingerprint density at radius 3 is 1.78 bits per heavy atom. The van der Waals surface area contributed by atoms with Crippen molar-refractivity contribution < 1.29 is 19.1 Å². The molecule has 0 saturated heterocycles. The van der Waals surface area contributed by atoms with E-state index in [1.807, 2.05) is 0 Å². The van der Waals surface area contributed by atoms with Crippen LogP contribution in [-0.4, -0.2) is 25.7 Å². The molecule has 2 unspecified atom stereocenters. The van der Waals surface area contributed by atoms with Crippen LogP contribution < -0.4 is 0 Å². The van der Waals surface area contributed by atoms with Gasteiger partial charge in [-0.05, 0) is 25.2 Å². The lowest BCUT2D eigenvalue weighted by Gasteiger charge is -2.27. The van der Waals surface area contributed by atoms with Gasteiger partial charge in [0, 0.05) is 0 Å². The summed E-state index contributed by atoms with van der Waals surface area (Å²) in [5, 5.41) is 0. The molecule has 0 aromatic rings. The van der Waals surface area contributed by atoms with Crippen LogP contribution in [0, 0.1) is 17.8 Å². The molecule has 4 nitrogen and oxygen atoms in total. The number of hydrogen-bond acceptors (Lipinski definition) is 4. The zero-order valence-electron chi connectivity index (χ0n) is 18.0. The Morgan fingerprint density at radius 2 is 1.26 bits per heavy atom. The minimum atomic E-state index is -0.309. The molecule has 4 heteroatoms. The molecule has 1 rings (SSSR count). The van der Waals surface area contributed by atoms with Gasteiger partial charge in [0.15, 0.2) is 0 Å². The fraction of sp³-hybridized carbons (Fsp3) is 0.913. The van der Waals surface area contributed by atoms with E-state index >= 15 is 0 Å². The van der Waals surface area contributed by atoms with Gasteiger partial charge in [-0.25, -0.2) is 0 Å². The van der Waals surface area contributed by atoms with Crippen molar-refractivity contribution in [1.29, 1.82) is 0 Å². The SMILES string of the molecule is COC(=O)C1CCCCC1C(=O)OCCCCCCCCCCCC(C)C. The van der Waals surface area contributed by atoms with Crippen LogP contribution in [0.5, 0.6) is 0 Å². The molecule has 0 bridgehead atoms. The quantitative estimate of drug-likeness (QED) is 0.270. The summed E-state index contributed by atoms with van der Waals surface area (Å²) in [6.07, 6.45) is 16.2. The average molecular weight is 383 g/mol. The van der Waals surface area contributed by atoms with E-state index in [-0.39, 0.29) is 23.8 Å². The summed E-state index contributed by atoms with van der Waals surface area (Å²) in [5.41, 5.74) is 0. The van der Waals surface area contributed by atoms with Gasteiger partial charge in [0.1, 0.15) is 0 Å². The molecule has 0 amide bonds. The first-order valence-corrected chi connectivity index (χ1v) is 11.3. The molecule has 0 spiro atoms. The second-order valence-corrected chi connectivity index (χ2v) is 8.55. The number of rotatable bonds is 14.